The number of rotatable bonds is 2. The Bertz CT molecular complexity index is 333. The van der Waals surface area contributed by atoms with Crippen molar-refractivity contribution in [3.8, 4) is 5.75 Å². The molecular weight excluding hydrogens is 168 g/mol. The maximum atomic E-state index is 10.4. The summed E-state index contributed by atoms with van der Waals surface area (Å²) in [6, 6.07) is 7.51. The molecule has 13 heavy (non-hydrogen) atoms. The molecule has 0 aliphatic carbocycles. The Morgan fingerprint density at radius 2 is 2.31 bits per heavy atom. The molecule has 0 bridgehead atoms. The van der Waals surface area contributed by atoms with Crippen molar-refractivity contribution in [1.29, 1.82) is 0 Å². The van der Waals surface area contributed by atoms with Crippen LogP contribution in [0.2, 0.25) is 0 Å². The summed E-state index contributed by atoms with van der Waals surface area (Å²) in [6.45, 7) is 0.452. The number of carboxylic acids is 1. The van der Waals surface area contributed by atoms with Gasteiger partial charge in [0, 0.05) is 17.5 Å². The van der Waals surface area contributed by atoms with Gasteiger partial charge in [0.05, 0.1) is 6.61 Å². The van der Waals surface area contributed by atoms with Gasteiger partial charge in [0.15, 0.2) is 0 Å². The second-order valence-corrected chi connectivity index (χ2v) is 3.12. The Balaban J connectivity index is 2.23. The molecule has 3 heteroatoms. The van der Waals surface area contributed by atoms with E-state index in [0.29, 0.717) is 6.61 Å². The van der Waals surface area contributed by atoms with Gasteiger partial charge in [-0.1, -0.05) is 18.2 Å². The van der Waals surface area contributed by atoms with Crippen LogP contribution >= 0.6 is 0 Å². The zero-order valence-electron chi connectivity index (χ0n) is 7.03. The number of hydrogen-bond acceptors (Lipinski definition) is 3. The average molecular weight is 177 g/mol. The molecular formula is C10H9O3-. The molecule has 1 aliphatic rings. The lowest BCUT2D eigenvalue weighted by Crippen LogP contribution is -2.24. The molecule has 68 valence electrons. The van der Waals surface area contributed by atoms with Gasteiger partial charge in [0.2, 0.25) is 0 Å². The molecule has 0 amide bonds. The van der Waals surface area contributed by atoms with Crippen molar-refractivity contribution in [2.24, 2.45) is 0 Å². The maximum Gasteiger partial charge on any atom is 0.122 e. The lowest BCUT2D eigenvalue weighted by Gasteiger charge is -2.08. The van der Waals surface area contributed by atoms with Crippen LogP contribution in [0.3, 0.4) is 0 Å². The zero-order valence-corrected chi connectivity index (χ0v) is 7.03. The van der Waals surface area contributed by atoms with Crippen LogP contribution < -0.4 is 9.84 Å². The minimum Gasteiger partial charge on any atom is -0.550 e. The minimum absolute atomic E-state index is 0.0387. The Morgan fingerprint density at radius 1 is 1.54 bits per heavy atom. The number of carbonyl (C=O) groups is 1. The van der Waals surface area contributed by atoms with Gasteiger partial charge in [0.25, 0.3) is 0 Å². The van der Waals surface area contributed by atoms with Crippen LogP contribution in [0.25, 0.3) is 0 Å². The van der Waals surface area contributed by atoms with Gasteiger partial charge in [0.1, 0.15) is 5.75 Å². The van der Waals surface area contributed by atoms with Crippen LogP contribution in [0.4, 0.5) is 0 Å². The van der Waals surface area contributed by atoms with Crippen LogP contribution in [0.1, 0.15) is 17.9 Å². The van der Waals surface area contributed by atoms with E-state index in [1.807, 2.05) is 24.3 Å². The van der Waals surface area contributed by atoms with Crippen molar-refractivity contribution in [2.75, 3.05) is 6.61 Å². The van der Waals surface area contributed by atoms with Crippen LogP contribution in [0.15, 0.2) is 24.3 Å². The summed E-state index contributed by atoms with van der Waals surface area (Å²) < 4.78 is 5.32. The molecule has 3 nitrogen and oxygen atoms in total. The number of carbonyl (C=O) groups excluding carboxylic acids is 1. The molecule has 1 unspecified atom stereocenters. The topological polar surface area (TPSA) is 49.4 Å². The highest BCUT2D eigenvalue weighted by atomic mass is 16.5. The molecule has 0 aromatic heterocycles. The van der Waals surface area contributed by atoms with Crippen molar-refractivity contribution in [3.63, 3.8) is 0 Å². The molecule has 2 rings (SSSR count). The zero-order chi connectivity index (χ0) is 9.26. The molecule has 0 radical (unpaired) electrons. The van der Waals surface area contributed by atoms with Crippen LogP contribution in [0, 0.1) is 0 Å². The second-order valence-electron chi connectivity index (χ2n) is 3.12. The molecule has 1 aromatic carbocycles. The number of ether oxygens (including phenoxy) is 1. The Kier molecular flexibility index (Phi) is 1.93. The van der Waals surface area contributed by atoms with Crippen molar-refractivity contribution in [2.45, 2.75) is 12.3 Å². The molecule has 1 aliphatic heterocycles. The number of para-hydroxylation sites is 1. The highest BCUT2D eigenvalue weighted by Crippen LogP contribution is 2.34. The number of carboxylic acid groups (broad SMARTS) is 1. The summed E-state index contributed by atoms with van der Waals surface area (Å²) in [4.78, 5) is 10.4. The molecule has 1 heterocycles. The quantitative estimate of drug-likeness (QED) is 0.653. The van der Waals surface area contributed by atoms with Gasteiger partial charge in [-0.25, -0.2) is 0 Å². The maximum absolute atomic E-state index is 10.4. The molecule has 0 fully saturated rings. The van der Waals surface area contributed by atoms with Crippen molar-refractivity contribution >= 4 is 5.97 Å². The Labute approximate surface area is 76.0 Å². The van der Waals surface area contributed by atoms with Gasteiger partial charge >= 0.3 is 0 Å². The second kappa shape index (κ2) is 3.09. The van der Waals surface area contributed by atoms with E-state index in [0.717, 1.165) is 11.3 Å². The fourth-order valence-corrected chi connectivity index (χ4v) is 1.60. The van der Waals surface area contributed by atoms with E-state index in [1.165, 1.54) is 0 Å². The fraction of sp³-hybridized carbons (Fsp3) is 0.300. The number of fused-ring (bicyclic) bond motifs is 1. The summed E-state index contributed by atoms with van der Waals surface area (Å²) in [5.74, 6) is -0.264. The summed E-state index contributed by atoms with van der Waals surface area (Å²) in [7, 11) is 0. The van der Waals surface area contributed by atoms with Gasteiger partial charge < -0.3 is 14.6 Å². The van der Waals surface area contributed by atoms with Gasteiger partial charge in [-0.3, -0.25) is 0 Å². The van der Waals surface area contributed by atoms with E-state index in [4.69, 9.17) is 4.74 Å². The normalized spacial score (nSPS) is 19.2. The first-order valence-corrected chi connectivity index (χ1v) is 4.19. The fourth-order valence-electron chi connectivity index (χ4n) is 1.60. The lowest BCUT2D eigenvalue weighted by molar-refractivity contribution is -0.306. The van der Waals surface area contributed by atoms with Crippen molar-refractivity contribution in [1.82, 2.24) is 0 Å². The third kappa shape index (κ3) is 1.49. The summed E-state index contributed by atoms with van der Waals surface area (Å²) in [6.07, 6.45) is 0.0387. The van der Waals surface area contributed by atoms with Crippen LogP contribution in [-0.4, -0.2) is 12.6 Å². The third-order valence-corrected chi connectivity index (χ3v) is 2.21. The predicted molar refractivity (Wildman–Crippen MR) is 44.3 cm³/mol. The first kappa shape index (κ1) is 8.10. The molecule has 1 atom stereocenters. The largest absolute Gasteiger partial charge is 0.550 e. The van der Waals surface area contributed by atoms with E-state index in [-0.39, 0.29) is 12.3 Å². The summed E-state index contributed by atoms with van der Waals surface area (Å²) in [5, 5.41) is 10.4. The van der Waals surface area contributed by atoms with Gasteiger partial charge in [-0.15, -0.1) is 0 Å². The number of benzene rings is 1. The SMILES string of the molecule is O=C([O-])CC1COc2ccccc21. The van der Waals surface area contributed by atoms with E-state index >= 15 is 0 Å². The molecule has 1 aromatic rings. The summed E-state index contributed by atoms with van der Waals surface area (Å²) >= 11 is 0. The standard InChI is InChI=1S/C10H10O3/c11-10(12)5-7-6-13-9-4-2-1-3-8(7)9/h1-4,7H,5-6H2,(H,11,12)/p-1. The first-order chi connectivity index (χ1) is 6.27. The number of hydrogen-bond donors (Lipinski definition) is 0. The van der Waals surface area contributed by atoms with Crippen LogP contribution in [0.5, 0.6) is 5.75 Å². The van der Waals surface area contributed by atoms with E-state index in [1.54, 1.807) is 0 Å². The summed E-state index contributed by atoms with van der Waals surface area (Å²) in [5.41, 5.74) is 0.978. The van der Waals surface area contributed by atoms with Crippen molar-refractivity contribution < 1.29 is 14.6 Å². The lowest BCUT2D eigenvalue weighted by atomic mass is 9.98. The molecule has 0 N–H and O–H groups in total. The molecule has 0 saturated heterocycles. The van der Waals surface area contributed by atoms with E-state index in [2.05, 4.69) is 0 Å². The third-order valence-electron chi connectivity index (χ3n) is 2.21. The van der Waals surface area contributed by atoms with Gasteiger partial charge in [-0.2, -0.15) is 0 Å². The Morgan fingerprint density at radius 3 is 3.08 bits per heavy atom. The van der Waals surface area contributed by atoms with Crippen LogP contribution in [-0.2, 0) is 4.79 Å². The molecule has 0 spiro atoms. The highest BCUT2D eigenvalue weighted by molar-refractivity contribution is 5.66. The average Bonchev–Trinajstić information content (AvgIpc) is 2.48. The smallest absolute Gasteiger partial charge is 0.122 e. The Hall–Kier alpha value is -1.51. The predicted octanol–water partition coefficient (Wildman–Crippen LogP) is 0.303. The minimum atomic E-state index is -1.02. The molecule has 0 saturated carbocycles. The highest BCUT2D eigenvalue weighted by Gasteiger charge is 2.23. The monoisotopic (exact) mass is 177 g/mol. The van der Waals surface area contributed by atoms with Crippen molar-refractivity contribution in [3.05, 3.63) is 29.8 Å². The van der Waals surface area contributed by atoms with E-state index < -0.39 is 5.97 Å². The van der Waals surface area contributed by atoms with E-state index in [9.17, 15) is 9.90 Å². The number of aliphatic carboxylic acids is 1. The first-order valence-electron chi connectivity index (χ1n) is 4.19. The van der Waals surface area contributed by atoms with Gasteiger partial charge in [-0.05, 0) is 12.5 Å².